The third-order valence-corrected chi connectivity index (χ3v) is 2.30. The van der Waals surface area contributed by atoms with Gasteiger partial charge in [0.25, 0.3) is 6.43 Å². The standard InChI is InChI=1S/C11H17F2NO4/c1-11(2,3)18-10(16)14-4-5-17-6-7(14)8(15)9(12)13/h7,9H,4-6H2,1-3H3. The lowest BCUT2D eigenvalue weighted by Gasteiger charge is -2.35. The second kappa shape index (κ2) is 5.60. The minimum atomic E-state index is -3.12. The summed E-state index contributed by atoms with van der Waals surface area (Å²) in [5, 5.41) is 0. The maximum absolute atomic E-state index is 12.4. The highest BCUT2D eigenvalue weighted by molar-refractivity contribution is 5.90. The Morgan fingerprint density at radius 3 is 2.50 bits per heavy atom. The van der Waals surface area contributed by atoms with Crippen LogP contribution < -0.4 is 0 Å². The molecule has 1 unspecified atom stereocenters. The Kier molecular flexibility index (Phi) is 4.61. The molecule has 0 N–H and O–H groups in total. The number of morpholine rings is 1. The number of carbonyl (C=O) groups excluding carboxylic acids is 2. The van der Waals surface area contributed by atoms with Crippen LogP contribution >= 0.6 is 0 Å². The fourth-order valence-corrected chi connectivity index (χ4v) is 1.52. The van der Waals surface area contributed by atoms with Crippen LogP contribution in [0.2, 0.25) is 0 Å². The number of alkyl halides is 2. The van der Waals surface area contributed by atoms with Gasteiger partial charge in [-0.2, -0.15) is 0 Å². The number of nitrogens with zero attached hydrogens (tertiary/aromatic N) is 1. The van der Waals surface area contributed by atoms with Crippen LogP contribution in [0.5, 0.6) is 0 Å². The Morgan fingerprint density at radius 1 is 1.39 bits per heavy atom. The molecule has 0 aromatic carbocycles. The minimum absolute atomic E-state index is 0.0675. The van der Waals surface area contributed by atoms with Crippen LogP contribution in [0, 0.1) is 0 Å². The number of hydrogen-bond acceptors (Lipinski definition) is 4. The summed E-state index contributed by atoms with van der Waals surface area (Å²) in [5.74, 6) is -1.32. The summed E-state index contributed by atoms with van der Waals surface area (Å²) in [5.41, 5.74) is -0.742. The lowest BCUT2D eigenvalue weighted by molar-refractivity contribution is -0.140. The van der Waals surface area contributed by atoms with E-state index in [1.54, 1.807) is 20.8 Å². The zero-order valence-corrected chi connectivity index (χ0v) is 10.6. The first-order valence-electron chi connectivity index (χ1n) is 5.61. The fourth-order valence-electron chi connectivity index (χ4n) is 1.52. The van der Waals surface area contributed by atoms with Gasteiger partial charge in [0.2, 0.25) is 5.78 Å². The van der Waals surface area contributed by atoms with Gasteiger partial charge < -0.3 is 9.47 Å². The van der Waals surface area contributed by atoms with Crippen molar-refractivity contribution in [2.24, 2.45) is 0 Å². The second-order valence-electron chi connectivity index (χ2n) is 4.97. The van der Waals surface area contributed by atoms with E-state index >= 15 is 0 Å². The van der Waals surface area contributed by atoms with Gasteiger partial charge in [0.15, 0.2) is 0 Å². The Hall–Kier alpha value is -1.24. The third-order valence-electron chi connectivity index (χ3n) is 2.30. The van der Waals surface area contributed by atoms with E-state index in [-0.39, 0.29) is 19.8 Å². The van der Waals surface area contributed by atoms with Crippen LogP contribution in [-0.2, 0) is 14.3 Å². The zero-order valence-electron chi connectivity index (χ0n) is 10.6. The first kappa shape index (κ1) is 14.8. The molecular weight excluding hydrogens is 248 g/mol. The van der Waals surface area contributed by atoms with E-state index in [4.69, 9.17) is 9.47 Å². The average Bonchev–Trinajstić information content (AvgIpc) is 2.25. The van der Waals surface area contributed by atoms with Gasteiger partial charge in [-0.25, -0.2) is 13.6 Å². The van der Waals surface area contributed by atoms with Gasteiger partial charge in [0.05, 0.1) is 13.2 Å². The van der Waals surface area contributed by atoms with E-state index < -0.39 is 29.9 Å². The molecule has 0 aromatic rings. The molecule has 7 heteroatoms. The highest BCUT2D eigenvalue weighted by Gasteiger charge is 2.38. The summed E-state index contributed by atoms with van der Waals surface area (Å²) in [6.07, 6.45) is -3.90. The summed E-state index contributed by atoms with van der Waals surface area (Å²) < 4.78 is 34.8. The van der Waals surface area contributed by atoms with Crippen molar-refractivity contribution in [3.8, 4) is 0 Å². The number of ether oxygens (including phenoxy) is 2. The van der Waals surface area contributed by atoms with Gasteiger partial charge >= 0.3 is 6.09 Å². The monoisotopic (exact) mass is 265 g/mol. The molecule has 0 radical (unpaired) electrons. The van der Waals surface area contributed by atoms with Crippen LogP contribution in [0.25, 0.3) is 0 Å². The number of Topliss-reactive ketones (excluding diaryl/α,β-unsaturated/α-hetero) is 1. The predicted molar refractivity (Wildman–Crippen MR) is 58.6 cm³/mol. The number of carbonyl (C=O) groups is 2. The topological polar surface area (TPSA) is 55.8 Å². The molecule has 0 aliphatic carbocycles. The number of halogens is 2. The van der Waals surface area contributed by atoms with Crippen molar-refractivity contribution in [2.75, 3.05) is 19.8 Å². The maximum Gasteiger partial charge on any atom is 0.411 e. The van der Waals surface area contributed by atoms with Gasteiger partial charge in [0.1, 0.15) is 11.6 Å². The Bertz CT molecular complexity index is 327. The van der Waals surface area contributed by atoms with Gasteiger partial charge in [-0.05, 0) is 20.8 Å². The van der Waals surface area contributed by atoms with E-state index in [0.717, 1.165) is 4.90 Å². The van der Waals surface area contributed by atoms with Crippen LogP contribution in [-0.4, -0.2) is 54.6 Å². The molecule has 1 aliphatic rings. The molecule has 1 atom stereocenters. The summed E-state index contributed by atoms with van der Waals surface area (Å²) >= 11 is 0. The van der Waals surface area contributed by atoms with Gasteiger partial charge in [-0.3, -0.25) is 9.69 Å². The Morgan fingerprint density at radius 2 is 2.00 bits per heavy atom. The number of ketones is 1. The Labute approximate surface area is 104 Å². The summed E-state index contributed by atoms with van der Waals surface area (Å²) in [7, 11) is 0. The fraction of sp³-hybridized carbons (Fsp3) is 0.818. The van der Waals surface area contributed by atoms with E-state index in [2.05, 4.69) is 0 Å². The molecule has 0 aromatic heterocycles. The molecule has 18 heavy (non-hydrogen) atoms. The largest absolute Gasteiger partial charge is 0.444 e. The highest BCUT2D eigenvalue weighted by atomic mass is 19.3. The summed E-state index contributed by atoms with van der Waals surface area (Å²) in [6.45, 7) is 5.03. The van der Waals surface area contributed by atoms with Crippen molar-refractivity contribution < 1.29 is 27.8 Å². The van der Waals surface area contributed by atoms with E-state index in [9.17, 15) is 18.4 Å². The van der Waals surface area contributed by atoms with Gasteiger partial charge in [-0.15, -0.1) is 0 Å². The van der Waals surface area contributed by atoms with E-state index in [1.165, 1.54) is 0 Å². The second-order valence-corrected chi connectivity index (χ2v) is 4.97. The lowest BCUT2D eigenvalue weighted by Crippen LogP contribution is -2.55. The zero-order chi connectivity index (χ0) is 13.9. The molecule has 0 spiro atoms. The Balaban J connectivity index is 2.76. The molecule has 1 heterocycles. The molecule has 1 amide bonds. The molecule has 1 saturated heterocycles. The van der Waals surface area contributed by atoms with Crippen LogP contribution in [0.4, 0.5) is 13.6 Å². The molecule has 0 saturated carbocycles. The first-order chi connectivity index (χ1) is 8.22. The van der Waals surface area contributed by atoms with Crippen molar-refractivity contribution in [2.45, 2.75) is 38.8 Å². The number of rotatable bonds is 2. The molecule has 1 rings (SSSR count). The first-order valence-corrected chi connectivity index (χ1v) is 5.61. The van der Waals surface area contributed by atoms with Gasteiger partial charge in [-0.1, -0.05) is 0 Å². The average molecular weight is 265 g/mol. The maximum atomic E-state index is 12.4. The summed E-state index contributed by atoms with van der Waals surface area (Å²) in [6, 6.07) is -1.27. The quantitative estimate of drug-likeness (QED) is 0.758. The van der Waals surface area contributed by atoms with Crippen molar-refractivity contribution in [3.63, 3.8) is 0 Å². The number of hydrogen-bond donors (Lipinski definition) is 0. The van der Waals surface area contributed by atoms with Crippen molar-refractivity contribution in [1.82, 2.24) is 4.90 Å². The lowest BCUT2D eigenvalue weighted by atomic mass is 10.1. The van der Waals surface area contributed by atoms with Crippen LogP contribution in [0.1, 0.15) is 20.8 Å². The van der Waals surface area contributed by atoms with Crippen molar-refractivity contribution >= 4 is 11.9 Å². The summed E-state index contributed by atoms with van der Waals surface area (Å²) in [4.78, 5) is 24.1. The normalized spacial score (nSPS) is 21.0. The SMILES string of the molecule is CC(C)(C)OC(=O)N1CCOCC1C(=O)C(F)F. The minimum Gasteiger partial charge on any atom is -0.444 e. The highest BCUT2D eigenvalue weighted by Crippen LogP contribution is 2.17. The van der Waals surface area contributed by atoms with Gasteiger partial charge in [0, 0.05) is 6.54 Å². The number of amides is 1. The van der Waals surface area contributed by atoms with Crippen molar-refractivity contribution in [1.29, 1.82) is 0 Å². The molecule has 104 valence electrons. The molecule has 0 bridgehead atoms. The molecule has 5 nitrogen and oxygen atoms in total. The molecule has 1 aliphatic heterocycles. The van der Waals surface area contributed by atoms with E-state index in [1.807, 2.05) is 0 Å². The third kappa shape index (κ3) is 3.90. The van der Waals surface area contributed by atoms with Crippen LogP contribution in [0.3, 0.4) is 0 Å². The predicted octanol–water partition coefficient (Wildman–Crippen LogP) is 1.46. The smallest absolute Gasteiger partial charge is 0.411 e. The van der Waals surface area contributed by atoms with Crippen LogP contribution in [0.15, 0.2) is 0 Å². The molecule has 1 fully saturated rings. The van der Waals surface area contributed by atoms with Crippen molar-refractivity contribution in [3.05, 3.63) is 0 Å². The molecular formula is C11H17F2NO4. The van der Waals surface area contributed by atoms with E-state index in [0.29, 0.717) is 0 Å².